The molecule has 0 saturated carbocycles. The number of likely N-dealkylation sites (tertiary alicyclic amines) is 1. The Morgan fingerprint density at radius 1 is 1.19 bits per heavy atom. The average Bonchev–Trinajstić information content (AvgIpc) is 3.14. The van der Waals surface area contributed by atoms with Crippen LogP contribution in [0.2, 0.25) is 0 Å². The Hall–Kier alpha value is -3.02. The van der Waals surface area contributed by atoms with Crippen molar-refractivity contribution in [2.45, 2.75) is 18.8 Å². The van der Waals surface area contributed by atoms with Gasteiger partial charge in [-0.25, -0.2) is 9.97 Å². The molecule has 6 heteroatoms. The van der Waals surface area contributed by atoms with Crippen LogP contribution in [0.3, 0.4) is 0 Å². The normalized spacial score (nSPS) is 17.3. The van der Waals surface area contributed by atoms with Gasteiger partial charge in [0.25, 0.3) is 5.91 Å². The molecular formula is C20H21N5O. The standard InChI is InChI=1S/C20H21N5O/c1-24-11-9-22-19(24)18-13-21-12-17(23-18)16-8-5-10-25(14-16)20(26)15-6-3-2-4-7-15/h2-4,6-7,9,11-13,16H,5,8,10,14H2,1H3. The average molecular weight is 347 g/mol. The van der Waals surface area contributed by atoms with Gasteiger partial charge in [0.05, 0.1) is 11.9 Å². The molecule has 1 saturated heterocycles. The largest absolute Gasteiger partial charge is 0.338 e. The predicted octanol–water partition coefficient (Wildman–Crippen LogP) is 2.90. The molecular weight excluding hydrogens is 326 g/mol. The number of nitrogens with zero attached hydrogens (tertiary/aromatic N) is 5. The molecule has 1 aliphatic rings. The lowest BCUT2D eigenvalue weighted by Crippen LogP contribution is -2.39. The second kappa shape index (κ2) is 7.07. The minimum atomic E-state index is 0.0866. The number of hydrogen-bond donors (Lipinski definition) is 0. The summed E-state index contributed by atoms with van der Waals surface area (Å²) in [4.78, 5) is 28.2. The van der Waals surface area contributed by atoms with E-state index in [9.17, 15) is 4.79 Å². The molecule has 1 unspecified atom stereocenters. The van der Waals surface area contributed by atoms with Crippen LogP contribution in [-0.4, -0.2) is 43.4 Å². The second-order valence-corrected chi connectivity index (χ2v) is 6.65. The number of carbonyl (C=O) groups is 1. The van der Waals surface area contributed by atoms with E-state index in [1.165, 1.54) is 0 Å². The van der Waals surface area contributed by atoms with Gasteiger partial charge in [0.1, 0.15) is 5.69 Å². The van der Waals surface area contributed by atoms with Crippen LogP contribution in [0.25, 0.3) is 11.5 Å². The van der Waals surface area contributed by atoms with Crippen LogP contribution in [0.4, 0.5) is 0 Å². The zero-order chi connectivity index (χ0) is 17.9. The van der Waals surface area contributed by atoms with Crippen molar-refractivity contribution < 1.29 is 4.79 Å². The Kier molecular flexibility index (Phi) is 4.48. The molecule has 0 spiro atoms. The summed E-state index contributed by atoms with van der Waals surface area (Å²) in [5.41, 5.74) is 2.43. The van der Waals surface area contributed by atoms with Gasteiger partial charge in [-0.15, -0.1) is 0 Å². The van der Waals surface area contributed by atoms with Crippen molar-refractivity contribution in [2.75, 3.05) is 13.1 Å². The first kappa shape index (κ1) is 16.4. The lowest BCUT2D eigenvalue weighted by atomic mass is 9.94. The Bertz CT molecular complexity index is 905. The van der Waals surface area contributed by atoms with E-state index in [0.717, 1.165) is 42.2 Å². The van der Waals surface area contributed by atoms with Crippen LogP contribution in [0.5, 0.6) is 0 Å². The van der Waals surface area contributed by atoms with Crippen molar-refractivity contribution in [3.63, 3.8) is 0 Å². The topological polar surface area (TPSA) is 63.9 Å². The van der Waals surface area contributed by atoms with Crippen LogP contribution >= 0.6 is 0 Å². The van der Waals surface area contributed by atoms with Crippen molar-refractivity contribution in [1.29, 1.82) is 0 Å². The van der Waals surface area contributed by atoms with Gasteiger partial charge in [-0.05, 0) is 25.0 Å². The summed E-state index contributed by atoms with van der Waals surface area (Å²) in [7, 11) is 1.94. The van der Waals surface area contributed by atoms with E-state index in [1.807, 2.05) is 59.2 Å². The van der Waals surface area contributed by atoms with E-state index in [-0.39, 0.29) is 11.8 Å². The lowest BCUT2D eigenvalue weighted by molar-refractivity contribution is 0.0706. The number of aryl methyl sites for hydroxylation is 1. The Labute approximate surface area is 152 Å². The van der Waals surface area contributed by atoms with E-state index >= 15 is 0 Å². The monoisotopic (exact) mass is 347 g/mol. The van der Waals surface area contributed by atoms with Gasteiger partial charge in [0.15, 0.2) is 5.82 Å². The highest BCUT2D eigenvalue weighted by Crippen LogP contribution is 2.27. The van der Waals surface area contributed by atoms with Crippen LogP contribution in [0, 0.1) is 0 Å². The molecule has 132 valence electrons. The summed E-state index contributed by atoms with van der Waals surface area (Å²) in [5, 5.41) is 0. The number of hydrogen-bond acceptors (Lipinski definition) is 4. The molecule has 0 aliphatic carbocycles. The van der Waals surface area contributed by atoms with Crippen LogP contribution in [-0.2, 0) is 7.05 Å². The van der Waals surface area contributed by atoms with Crippen LogP contribution in [0.15, 0.2) is 55.1 Å². The number of amides is 1. The highest BCUT2D eigenvalue weighted by Gasteiger charge is 2.26. The minimum absolute atomic E-state index is 0.0866. The first-order chi connectivity index (χ1) is 12.7. The first-order valence-electron chi connectivity index (χ1n) is 8.86. The fraction of sp³-hybridized carbons (Fsp3) is 0.300. The quantitative estimate of drug-likeness (QED) is 0.731. The molecule has 1 fully saturated rings. The molecule has 3 aromatic rings. The molecule has 1 aliphatic heterocycles. The third-order valence-electron chi connectivity index (χ3n) is 4.85. The maximum Gasteiger partial charge on any atom is 0.253 e. The van der Waals surface area contributed by atoms with E-state index in [4.69, 9.17) is 4.98 Å². The number of rotatable bonds is 3. The maximum atomic E-state index is 12.8. The summed E-state index contributed by atoms with van der Waals surface area (Å²) in [6.45, 7) is 1.46. The molecule has 1 aromatic carbocycles. The van der Waals surface area contributed by atoms with Gasteiger partial charge in [-0.3, -0.25) is 9.78 Å². The Balaban J connectivity index is 1.55. The predicted molar refractivity (Wildman–Crippen MR) is 98.6 cm³/mol. The van der Waals surface area contributed by atoms with E-state index in [0.29, 0.717) is 6.54 Å². The third kappa shape index (κ3) is 3.22. The summed E-state index contributed by atoms with van der Waals surface area (Å²) < 4.78 is 1.93. The fourth-order valence-electron chi connectivity index (χ4n) is 3.46. The molecule has 2 aromatic heterocycles. The van der Waals surface area contributed by atoms with E-state index in [2.05, 4.69) is 9.97 Å². The zero-order valence-corrected chi connectivity index (χ0v) is 14.7. The van der Waals surface area contributed by atoms with Crippen LogP contribution < -0.4 is 0 Å². The van der Waals surface area contributed by atoms with Gasteiger partial charge in [-0.1, -0.05) is 18.2 Å². The van der Waals surface area contributed by atoms with Crippen LogP contribution in [0.1, 0.15) is 34.8 Å². The fourth-order valence-corrected chi connectivity index (χ4v) is 3.46. The number of carbonyl (C=O) groups excluding carboxylic acids is 1. The van der Waals surface area contributed by atoms with Crippen molar-refractivity contribution >= 4 is 5.91 Å². The molecule has 0 radical (unpaired) electrons. The zero-order valence-electron chi connectivity index (χ0n) is 14.7. The Morgan fingerprint density at radius 3 is 2.81 bits per heavy atom. The second-order valence-electron chi connectivity index (χ2n) is 6.65. The number of aromatic nitrogens is 4. The lowest BCUT2D eigenvalue weighted by Gasteiger charge is -2.32. The molecule has 1 atom stereocenters. The highest BCUT2D eigenvalue weighted by molar-refractivity contribution is 5.94. The van der Waals surface area contributed by atoms with Gasteiger partial charge in [0, 0.05) is 50.2 Å². The first-order valence-corrected chi connectivity index (χ1v) is 8.86. The van der Waals surface area contributed by atoms with Crippen molar-refractivity contribution in [2.24, 2.45) is 7.05 Å². The SMILES string of the molecule is Cn1ccnc1-c1cncc(C2CCCN(C(=O)c3ccccc3)C2)n1. The molecule has 3 heterocycles. The van der Waals surface area contributed by atoms with Crippen molar-refractivity contribution in [3.05, 3.63) is 66.4 Å². The van der Waals surface area contributed by atoms with E-state index in [1.54, 1.807) is 12.4 Å². The van der Waals surface area contributed by atoms with Gasteiger partial charge < -0.3 is 9.47 Å². The molecule has 6 nitrogen and oxygen atoms in total. The van der Waals surface area contributed by atoms with Gasteiger partial charge in [0.2, 0.25) is 0 Å². The maximum absolute atomic E-state index is 12.8. The molecule has 1 amide bonds. The summed E-state index contributed by atoms with van der Waals surface area (Å²) in [5.74, 6) is 1.08. The third-order valence-corrected chi connectivity index (χ3v) is 4.85. The number of piperidine rings is 1. The highest BCUT2D eigenvalue weighted by atomic mass is 16.2. The molecule has 0 N–H and O–H groups in total. The molecule has 0 bridgehead atoms. The summed E-state index contributed by atoms with van der Waals surface area (Å²) in [6.07, 6.45) is 9.18. The van der Waals surface area contributed by atoms with Crippen molar-refractivity contribution in [1.82, 2.24) is 24.4 Å². The molecule has 26 heavy (non-hydrogen) atoms. The summed E-state index contributed by atoms with van der Waals surface area (Å²) in [6, 6.07) is 9.46. The Morgan fingerprint density at radius 2 is 2.04 bits per heavy atom. The van der Waals surface area contributed by atoms with Crippen molar-refractivity contribution in [3.8, 4) is 11.5 Å². The van der Waals surface area contributed by atoms with Gasteiger partial charge >= 0.3 is 0 Å². The number of benzene rings is 1. The molecule has 4 rings (SSSR count). The van der Waals surface area contributed by atoms with E-state index < -0.39 is 0 Å². The summed E-state index contributed by atoms with van der Waals surface area (Å²) >= 11 is 0. The minimum Gasteiger partial charge on any atom is -0.338 e. The number of imidazole rings is 1. The smallest absolute Gasteiger partial charge is 0.253 e. The van der Waals surface area contributed by atoms with Gasteiger partial charge in [-0.2, -0.15) is 0 Å².